The molecule has 1 unspecified atom stereocenters. The van der Waals surface area contributed by atoms with Crippen LogP contribution in [0.4, 0.5) is 5.69 Å². The van der Waals surface area contributed by atoms with Gasteiger partial charge in [0.25, 0.3) is 0 Å². The van der Waals surface area contributed by atoms with Crippen molar-refractivity contribution in [2.45, 2.75) is 40.7 Å². The van der Waals surface area contributed by atoms with Gasteiger partial charge in [0, 0.05) is 22.4 Å². The first-order valence-corrected chi connectivity index (χ1v) is 10.8. The Hall–Kier alpha value is -3.93. The van der Waals surface area contributed by atoms with Crippen LogP contribution in [0.15, 0.2) is 57.7 Å². The number of anilines is 1. The number of rotatable bonds is 5. The molecular weight excluding hydrogens is 416 g/mol. The van der Waals surface area contributed by atoms with Gasteiger partial charge in [-0.15, -0.1) is 0 Å². The summed E-state index contributed by atoms with van der Waals surface area (Å²) >= 11 is 0. The van der Waals surface area contributed by atoms with Crippen molar-refractivity contribution < 1.29 is 14.3 Å². The maximum atomic E-state index is 13.3. The number of aromatic nitrogens is 1. The van der Waals surface area contributed by atoms with E-state index in [2.05, 4.69) is 10.3 Å². The summed E-state index contributed by atoms with van der Waals surface area (Å²) in [5, 5.41) is 13.3. The largest absolute Gasteiger partial charge is 0.476 e. The van der Waals surface area contributed by atoms with Gasteiger partial charge in [0.2, 0.25) is 0 Å². The summed E-state index contributed by atoms with van der Waals surface area (Å²) in [6, 6.07) is 14.8. The number of hydrogen-bond donors (Lipinski definition) is 2. The second-order valence-corrected chi connectivity index (χ2v) is 8.51. The fraction of sp³-hybridized carbons (Fsp3) is 0.222. The number of nitrogens with one attached hydrogen (secondary N) is 1. The van der Waals surface area contributed by atoms with E-state index in [0.717, 1.165) is 22.3 Å². The van der Waals surface area contributed by atoms with Gasteiger partial charge in [-0.05, 0) is 64.4 Å². The van der Waals surface area contributed by atoms with E-state index in [1.165, 1.54) is 0 Å². The molecule has 4 aromatic rings. The van der Waals surface area contributed by atoms with Gasteiger partial charge in [0.05, 0.1) is 17.1 Å². The highest BCUT2D eigenvalue weighted by molar-refractivity contribution is 5.92. The molecule has 0 spiro atoms. The molecule has 0 amide bonds. The van der Waals surface area contributed by atoms with Gasteiger partial charge in [-0.2, -0.15) is 0 Å². The van der Waals surface area contributed by atoms with Crippen molar-refractivity contribution in [3.63, 3.8) is 0 Å². The fourth-order valence-corrected chi connectivity index (χ4v) is 4.10. The predicted molar refractivity (Wildman–Crippen MR) is 130 cm³/mol. The van der Waals surface area contributed by atoms with Crippen LogP contribution in [-0.2, 0) is 0 Å². The first kappa shape index (κ1) is 22.3. The lowest BCUT2D eigenvalue weighted by Crippen LogP contribution is -2.15. The van der Waals surface area contributed by atoms with E-state index in [1.54, 1.807) is 26.0 Å². The molecule has 4 rings (SSSR count). The number of aromatic carboxylic acids is 1. The van der Waals surface area contributed by atoms with Gasteiger partial charge in [0.1, 0.15) is 11.3 Å². The van der Waals surface area contributed by atoms with Gasteiger partial charge in [-0.3, -0.25) is 4.79 Å². The van der Waals surface area contributed by atoms with Crippen LogP contribution in [0, 0.1) is 27.7 Å². The maximum absolute atomic E-state index is 13.3. The van der Waals surface area contributed by atoms with Crippen molar-refractivity contribution in [2.24, 2.45) is 0 Å². The Kier molecular flexibility index (Phi) is 5.77. The van der Waals surface area contributed by atoms with Crippen molar-refractivity contribution in [1.82, 2.24) is 4.98 Å². The molecule has 2 heterocycles. The Labute approximate surface area is 191 Å². The summed E-state index contributed by atoms with van der Waals surface area (Å²) in [6.07, 6.45) is 0. The van der Waals surface area contributed by atoms with Crippen LogP contribution in [0.5, 0.6) is 0 Å². The second kappa shape index (κ2) is 8.54. The molecule has 0 bridgehead atoms. The molecule has 0 aliphatic rings. The van der Waals surface area contributed by atoms with E-state index in [0.29, 0.717) is 33.7 Å². The molecule has 2 aromatic carbocycles. The van der Waals surface area contributed by atoms with Gasteiger partial charge in [-0.1, -0.05) is 29.8 Å². The van der Waals surface area contributed by atoms with E-state index in [9.17, 15) is 14.7 Å². The molecule has 0 aliphatic heterocycles. The lowest BCUT2D eigenvalue weighted by Gasteiger charge is -2.20. The first-order chi connectivity index (χ1) is 15.7. The number of aryl methyl sites for hydroxylation is 3. The van der Waals surface area contributed by atoms with Gasteiger partial charge in [-0.25, -0.2) is 9.78 Å². The third kappa shape index (κ3) is 4.24. The quantitative estimate of drug-likeness (QED) is 0.396. The minimum Gasteiger partial charge on any atom is -0.476 e. The number of carbonyl (C=O) groups is 1. The van der Waals surface area contributed by atoms with E-state index in [4.69, 9.17) is 4.42 Å². The third-order valence-electron chi connectivity index (χ3n) is 5.75. The molecule has 1 atom stereocenters. The molecule has 2 aromatic heterocycles. The molecule has 2 N–H and O–H groups in total. The normalized spacial score (nSPS) is 12.0. The van der Waals surface area contributed by atoms with Gasteiger partial charge >= 0.3 is 5.97 Å². The number of benzene rings is 2. The summed E-state index contributed by atoms with van der Waals surface area (Å²) in [7, 11) is 0. The number of nitrogens with zero attached hydrogens (tertiary/aromatic N) is 1. The molecular formula is C27H26N2O4. The minimum absolute atomic E-state index is 0.0449. The molecule has 0 saturated heterocycles. The van der Waals surface area contributed by atoms with Crippen molar-refractivity contribution in [2.75, 3.05) is 5.32 Å². The molecule has 168 valence electrons. The van der Waals surface area contributed by atoms with Gasteiger partial charge in [0.15, 0.2) is 11.1 Å². The van der Waals surface area contributed by atoms with Crippen LogP contribution in [0.2, 0.25) is 0 Å². The zero-order valence-electron chi connectivity index (χ0n) is 19.3. The summed E-state index contributed by atoms with van der Waals surface area (Å²) < 4.78 is 6.38. The number of carboxylic acid groups (broad SMARTS) is 1. The molecule has 6 nitrogen and oxygen atoms in total. The smallest absolute Gasteiger partial charge is 0.356 e. The highest BCUT2D eigenvalue weighted by Crippen LogP contribution is 2.32. The molecule has 0 fully saturated rings. The third-order valence-corrected chi connectivity index (χ3v) is 5.75. The zero-order valence-corrected chi connectivity index (χ0v) is 19.3. The topological polar surface area (TPSA) is 92.4 Å². The average molecular weight is 443 g/mol. The lowest BCUT2D eigenvalue weighted by atomic mass is 9.98. The Morgan fingerprint density at radius 3 is 2.48 bits per heavy atom. The minimum atomic E-state index is -1.11. The standard InChI is InChI=1S/C27H26N2O4/c1-14-7-6-8-19(11-14)25-17(4)24(30)21-13-15(2)12-20(26(21)33-25)18(5)29-22-10-9-16(3)28-23(22)27(31)32/h6-13,18,29H,1-5H3,(H,31,32). The monoisotopic (exact) mass is 442 g/mol. The maximum Gasteiger partial charge on any atom is 0.356 e. The highest BCUT2D eigenvalue weighted by atomic mass is 16.4. The van der Waals surface area contributed by atoms with Crippen molar-refractivity contribution >= 4 is 22.6 Å². The van der Waals surface area contributed by atoms with E-state index in [1.807, 2.05) is 57.2 Å². The summed E-state index contributed by atoms with van der Waals surface area (Å²) in [5.74, 6) is -0.567. The Morgan fingerprint density at radius 1 is 1.03 bits per heavy atom. The molecule has 0 aliphatic carbocycles. The Bertz CT molecular complexity index is 1450. The SMILES string of the molecule is Cc1cccc(-c2oc3c(C(C)Nc4ccc(C)nc4C(=O)O)cc(C)cc3c(=O)c2C)c1. The second-order valence-electron chi connectivity index (χ2n) is 8.51. The molecule has 0 saturated carbocycles. The average Bonchev–Trinajstić information content (AvgIpc) is 2.77. The van der Waals surface area contributed by atoms with Crippen LogP contribution in [0.3, 0.4) is 0 Å². The van der Waals surface area contributed by atoms with Crippen LogP contribution in [0.1, 0.15) is 51.4 Å². The van der Waals surface area contributed by atoms with E-state index in [-0.39, 0.29) is 17.2 Å². The van der Waals surface area contributed by atoms with E-state index >= 15 is 0 Å². The van der Waals surface area contributed by atoms with Crippen molar-refractivity contribution in [3.05, 3.63) is 92.4 Å². The number of fused-ring (bicyclic) bond motifs is 1. The summed E-state index contributed by atoms with van der Waals surface area (Å²) in [5.41, 5.74) is 5.56. The fourth-order valence-electron chi connectivity index (χ4n) is 4.10. The predicted octanol–water partition coefficient (Wildman–Crippen LogP) is 5.96. The summed E-state index contributed by atoms with van der Waals surface area (Å²) in [6.45, 7) is 9.36. The van der Waals surface area contributed by atoms with Crippen LogP contribution in [-0.4, -0.2) is 16.1 Å². The number of hydrogen-bond acceptors (Lipinski definition) is 5. The van der Waals surface area contributed by atoms with Crippen molar-refractivity contribution in [1.29, 1.82) is 0 Å². The zero-order chi connectivity index (χ0) is 23.9. The van der Waals surface area contributed by atoms with E-state index < -0.39 is 5.97 Å². The lowest BCUT2D eigenvalue weighted by molar-refractivity contribution is 0.0691. The first-order valence-electron chi connectivity index (χ1n) is 10.8. The molecule has 0 radical (unpaired) electrons. The Morgan fingerprint density at radius 2 is 1.79 bits per heavy atom. The highest BCUT2D eigenvalue weighted by Gasteiger charge is 2.21. The van der Waals surface area contributed by atoms with Crippen LogP contribution < -0.4 is 10.7 Å². The number of pyridine rings is 1. The van der Waals surface area contributed by atoms with Crippen LogP contribution >= 0.6 is 0 Å². The number of carboxylic acids is 1. The Balaban J connectivity index is 1.89. The summed E-state index contributed by atoms with van der Waals surface area (Å²) in [4.78, 5) is 29.2. The van der Waals surface area contributed by atoms with Crippen LogP contribution in [0.25, 0.3) is 22.3 Å². The molecule has 6 heteroatoms. The molecule has 33 heavy (non-hydrogen) atoms. The van der Waals surface area contributed by atoms with Crippen molar-refractivity contribution in [3.8, 4) is 11.3 Å². The van der Waals surface area contributed by atoms with Gasteiger partial charge < -0.3 is 14.8 Å².